The van der Waals surface area contributed by atoms with Crippen molar-refractivity contribution < 1.29 is 41.0 Å². The minimum absolute atomic E-state index is 0.0214. The van der Waals surface area contributed by atoms with E-state index in [1.54, 1.807) is 13.8 Å². The number of aryl methyl sites for hydroxylation is 2. The van der Waals surface area contributed by atoms with Crippen molar-refractivity contribution >= 4 is 33.6 Å². The molecule has 2 aromatic carbocycles. The molecule has 3 aromatic heterocycles. The van der Waals surface area contributed by atoms with Crippen LogP contribution in [0.15, 0.2) is 37.9 Å². The second-order valence-corrected chi connectivity index (χ2v) is 18.2. The number of hydrogen-bond acceptors (Lipinski definition) is 13. The van der Waals surface area contributed by atoms with E-state index in [2.05, 4.69) is 20.6 Å². The van der Waals surface area contributed by atoms with E-state index in [0.717, 1.165) is 38.6 Å². The van der Waals surface area contributed by atoms with Crippen LogP contribution < -0.4 is 20.2 Å². The Balaban J connectivity index is 1.12. The van der Waals surface area contributed by atoms with Crippen molar-refractivity contribution in [2.75, 3.05) is 31.1 Å². The Labute approximate surface area is 361 Å². The summed E-state index contributed by atoms with van der Waals surface area (Å²) in [5, 5.41) is 1.04. The first-order chi connectivity index (χ1) is 30.3. The fraction of sp³-hybridized carbons (Fsp3) is 0.511. The lowest BCUT2D eigenvalue weighted by atomic mass is 9.92. The average Bonchev–Trinajstić information content (AvgIpc) is 3.96. The van der Waals surface area contributed by atoms with E-state index in [1.165, 1.54) is 24.3 Å². The summed E-state index contributed by atoms with van der Waals surface area (Å²) in [6.45, 7) is 9.48. The Kier molecular flexibility index (Phi) is 10.4. The molecule has 0 radical (unpaired) electrons. The number of anilines is 1. The van der Waals surface area contributed by atoms with Gasteiger partial charge in [0.05, 0.1) is 28.7 Å². The molecule has 4 fully saturated rings. The lowest BCUT2D eigenvalue weighted by Crippen LogP contribution is -2.60. The fourth-order valence-electron chi connectivity index (χ4n) is 10.8. The molecule has 10 rings (SSSR count). The van der Waals surface area contributed by atoms with Gasteiger partial charge < -0.3 is 27.9 Å². The van der Waals surface area contributed by atoms with Crippen LogP contribution in [-0.2, 0) is 17.7 Å². The predicted octanol–water partition coefficient (Wildman–Crippen LogP) is 8.03. The molecule has 330 valence electrons. The van der Waals surface area contributed by atoms with Gasteiger partial charge in [-0.3, -0.25) is 9.80 Å². The van der Waals surface area contributed by atoms with Crippen molar-refractivity contribution in [1.29, 1.82) is 0 Å². The van der Waals surface area contributed by atoms with Crippen molar-refractivity contribution in [3.8, 4) is 35.4 Å². The van der Waals surface area contributed by atoms with Crippen LogP contribution >= 0.6 is 0 Å². The summed E-state index contributed by atoms with van der Waals surface area (Å²) >= 11 is 0. The van der Waals surface area contributed by atoms with Gasteiger partial charge in [-0.1, -0.05) is 25.8 Å². The van der Waals surface area contributed by atoms with Gasteiger partial charge in [0.1, 0.15) is 53.2 Å². The summed E-state index contributed by atoms with van der Waals surface area (Å²) in [4.78, 5) is 46.6. The lowest BCUT2D eigenvalue weighted by molar-refractivity contribution is 0.0466. The normalized spacial score (nSPS) is 24.9. The van der Waals surface area contributed by atoms with Crippen molar-refractivity contribution in [1.82, 2.24) is 24.8 Å². The first-order valence-corrected chi connectivity index (χ1v) is 22.0. The molecule has 5 aliphatic rings. The smallest absolute Gasteiger partial charge is 0.461 e. The maximum absolute atomic E-state index is 17.9. The van der Waals surface area contributed by atoms with E-state index >= 15 is 8.78 Å². The quantitative estimate of drug-likeness (QED) is 0.0804. The Morgan fingerprint density at radius 2 is 1.89 bits per heavy atom. The molecule has 0 saturated carbocycles. The number of nitrogens with zero attached hydrogens (tertiary/aromatic N) is 6. The minimum Gasteiger partial charge on any atom is -0.461 e. The lowest BCUT2D eigenvalue weighted by Gasteiger charge is -2.48. The van der Waals surface area contributed by atoms with E-state index < -0.39 is 41.4 Å². The van der Waals surface area contributed by atoms with Crippen LogP contribution in [0.25, 0.3) is 32.9 Å². The van der Waals surface area contributed by atoms with Crippen LogP contribution in [0, 0.1) is 36.8 Å². The second kappa shape index (κ2) is 15.8. The highest BCUT2D eigenvalue weighted by molar-refractivity contribution is 6.04. The predicted molar refractivity (Wildman–Crippen MR) is 226 cm³/mol. The highest BCUT2D eigenvalue weighted by atomic mass is 19.1. The molecule has 63 heavy (non-hydrogen) atoms. The monoisotopic (exact) mass is 866 g/mol. The molecule has 0 amide bonds. The number of aromatic nitrogens is 3. The third-order valence-corrected chi connectivity index (χ3v) is 14.2. The van der Waals surface area contributed by atoms with Gasteiger partial charge in [-0.25, -0.2) is 27.7 Å². The number of halogens is 3. The van der Waals surface area contributed by atoms with Crippen molar-refractivity contribution in [3.05, 3.63) is 69.3 Å². The highest BCUT2D eigenvalue weighted by Gasteiger charge is 2.50. The Bertz CT molecular complexity index is 2750. The van der Waals surface area contributed by atoms with E-state index in [4.69, 9.17) is 44.4 Å². The Morgan fingerprint density at radius 1 is 1.05 bits per heavy atom. The molecule has 2 bridgehead atoms. The molecule has 8 heterocycles. The molecule has 0 spiro atoms. The number of carbonyl (C=O) groups excluding carboxylic acids is 1. The molecular weight excluding hydrogens is 818 g/mol. The molecule has 16 heteroatoms. The molecular formula is C47H49F3N6O7. The van der Waals surface area contributed by atoms with E-state index in [-0.39, 0.29) is 70.1 Å². The third-order valence-electron chi connectivity index (χ3n) is 14.2. The van der Waals surface area contributed by atoms with Crippen molar-refractivity contribution in [2.24, 2.45) is 5.92 Å². The first-order valence-electron chi connectivity index (χ1n) is 22.0. The zero-order valence-electron chi connectivity index (χ0n) is 35.7. The molecule has 5 aromatic rings. The Morgan fingerprint density at radius 3 is 2.67 bits per heavy atom. The Hall–Kier alpha value is -5.66. The van der Waals surface area contributed by atoms with Gasteiger partial charge in [0.2, 0.25) is 0 Å². The number of fused-ring (bicyclic) bond motifs is 7. The maximum Gasteiger partial charge on any atom is 0.519 e. The fourth-order valence-corrected chi connectivity index (χ4v) is 10.8. The van der Waals surface area contributed by atoms with Gasteiger partial charge in [-0.15, -0.1) is 6.42 Å². The van der Waals surface area contributed by atoms with Crippen molar-refractivity contribution in [3.63, 3.8) is 0 Å². The number of piperazine rings is 1. The van der Waals surface area contributed by atoms with Gasteiger partial charge in [0.25, 0.3) is 0 Å². The topological polar surface area (TPSA) is 136 Å². The first kappa shape index (κ1) is 41.4. The number of alkyl halides is 1. The molecule has 5 aliphatic heterocycles. The molecule has 6 atom stereocenters. The number of ether oxygens (including phenoxy) is 3. The van der Waals surface area contributed by atoms with Crippen LogP contribution in [0.3, 0.4) is 0 Å². The van der Waals surface area contributed by atoms with E-state index in [1.807, 2.05) is 13.8 Å². The van der Waals surface area contributed by atoms with Crippen molar-refractivity contribution in [2.45, 2.75) is 122 Å². The summed E-state index contributed by atoms with van der Waals surface area (Å²) < 4.78 is 76.6. The van der Waals surface area contributed by atoms with Crippen LogP contribution in [0.5, 0.6) is 11.8 Å². The zero-order chi connectivity index (χ0) is 43.9. The molecule has 0 N–H and O–H groups in total. The minimum atomic E-state index is -0.979. The average molecular weight is 867 g/mol. The number of terminal acetylenes is 1. The largest absolute Gasteiger partial charge is 0.519 e. The number of carbonyl (C=O) groups is 1. The van der Waals surface area contributed by atoms with Crippen LogP contribution in [0.2, 0.25) is 0 Å². The van der Waals surface area contributed by atoms with Gasteiger partial charge in [-0.2, -0.15) is 9.97 Å². The van der Waals surface area contributed by atoms with Gasteiger partial charge in [0, 0.05) is 48.6 Å². The highest BCUT2D eigenvalue weighted by Crippen LogP contribution is 2.46. The van der Waals surface area contributed by atoms with Crippen LogP contribution in [0.4, 0.5) is 23.8 Å². The summed E-state index contributed by atoms with van der Waals surface area (Å²) in [7, 11) is 0. The number of hydrogen-bond donors (Lipinski definition) is 0. The zero-order valence-corrected chi connectivity index (χ0v) is 35.7. The van der Waals surface area contributed by atoms with Gasteiger partial charge in [-0.05, 0) is 94.8 Å². The van der Waals surface area contributed by atoms with Crippen LogP contribution in [0.1, 0.15) is 88.5 Å². The molecule has 4 saturated heterocycles. The number of benzene rings is 2. The summed E-state index contributed by atoms with van der Waals surface area (Å²) in [5.41, 5.74) is -0.193. The summed E-state index contributed by atoms with van der Waals surface area (Å²) in [5.74, 6) is 1.69. The number of pyridine rings is 1. The second-order valence-electron chi connectivity index (χ2n) is 18.2. The number of rotatable bonds is 9. The summed E-state index contributed by atoms with van der Waals surface area (Å²) in [6, 6.07) is 5.66. The maximum atomic E-state index is 17.9. The SMILES string of the molecule is C#Cc1c(F)ccc2cc(OC(=O)O[C@@H](C)C(C)C)cc(-c3nc4c5c(nc(OC[C@@]67CCCN6C[C@H](F)C7)nc5c3F)N3C[C@H]5CC[C@@H]([C@H]3CCC4)N5Cc3oc(=O)oc3C)c12. The molecule has 0 aliphatic carbocycles. The van der Waals surface area contributed by atoms with E-state index in [0.29, 0.717) is 72.7 Å². The van der Waals surface area contributed by atoms with Crippen LogP contribution in [-0.4, -0.2) is 93.1 Å². The standard InChI is InChI=1S/C47H49F3N6O7/c1-6-31-33(49)13-11-27-17-30(62-45(57)60-25(4)24(2)3)18-32(38(27)31)41-40(50)42-39-34(51-41)9-7-10-35-36-14-12-29(55(36)22-37-26(5)61-46(58)63-37)21-56(35)43(39)53-44(52-42)59-23-47-15-8-16-54(47)20-28(48)19-47/h1,11,13,17-18,24-25,28-29,35-36H,7-10,12,14-16,19-23H2,2-5H3/t25-,28+,29+,35+,36-,47-/m0/s1. The van der Waals surface area contributed by atoms with Gasteiger partial charge >= 0.3 is 18.0 Å². The molecule has 13 nitrogen and oxygen atoms in total. The third kappa shape index (κ3) is 7.17. The molecule has 0 unspecified atom stereocenters. The van der Waals surface area contributed by atoms with Gasteiger partial charge in [0.15, 0.2) is 11.6 Å². The van der Waals surface area contributed by atoms with E-state index in [9.17, 15) is 14.0 Å². The summed E-state index contributed by atoms with van der Waals surface area (Å²) in [6.07, 6.45) is 9.16.